The molecule has 2 atom stereocenters. The number of thiophene rings is 1. The van der Waals surface area contributed by atoms with Crippen molar-refractivity contribution in [2.45, 2.75) is 19.4 Å². The zero-order valence-corrected chi connectivity index (χ0v) is 8.71. The Morgan fingerprint density at radius 2 is 2.36 bits per heavy atom. The molecule has 3 nitrogen and oxygen atoms in total. The number of hydrogen-bond donors (Lipinski definition) is 1. The van der Waals surface area contributed by atoms with Crippen molar-refractivity contribution in [2.24, 2.45) is 5.92 Å². The molecule has 0 bridgehead atoms. The lowest BCUT2D eigenvalue weighted by Gasteiger charge is -2.03. The third-order valence-corrected chi connectivity index (χ3v) is 3.59. The monoisotopic (exact) mass is 205 g/mol. The summed E-state index contributed by atoms with van der Waals surface area (Å²) in [5.41, 5.74) is 1.04. The average Bonchev–Trinajstić information content (AvgIpc) is 2.69. The molecule has 0 spiro atoms. The molecule has 2 aromatic rings. The SMILES string of the molecule is CC1CC1Nc1ncnc2ccsc12. The fourth-order valence-corrected chi connectivity index (χ4v) is 2.39. The van der Waals surface area contributed by atoms with Gasteiger partial charge >= 0.3 is 0 Å². The van der Waals surface area contributed by atoms with E-state index in [4.69, 9.17) is 0 Å². The highest BCUT2D eigenvalue weighted by Crippen LogP contribution is 2.34. The molecule has 2 aromatic heterocycles. The van der Waals surface area contributed by atoms with Crippen molar-refractivity contribution in [3.8, 4) is 0 Å². The van der Waals surface area contributed by atoms with E-state index in [0.29, 0.717) is 6.04 Å². The van der Waals surface area contributed by atoms with E-state index in [-0.39, 0.29) is 0 Å². The number of hydrogen-bond acceptors (Lipinski definition) is 4. The topological polar surface area (TPSA) is 37.8 Å². The minimum atomic E-state index is 0.621. The van der Waals surface area contributed by atoms with Gasteiger partial charge in [0.25, 0.3) is 0 Å². The van der Waals surface area contributed by atoms with Gasteiger partial charge in [0, 0.05) is 6.04 Å². The molecule has 2 heterocycles. The Morgan fingerprint density at radius 1 is 1.50 bits per heavy atom. The molecule has 1 N–H and O–H groups in total. The highest BCUT2D eigenvalue weighted by molar-refractivity contribution is 7.17. The quantitative estimate of drug-likeness (QED) is 0.818. The van der Waals surface area contributed by atoms with Crippen molar-refractivity contribution < 1.29 is 0 Å². The van der Waals surface area contributed by atoms with Crippen LogP contribution in [0.4, 0.5) is 5.82 Å². The smallest absolute Gasteiger partial charge is 0.147 e. The zero-order valence-electron chi connectivity index (χ0n) is 7.90. The van der Waals surface area contributed by atoms with Crippen LogP contribution in [0.2, 0.25) is 0 Å². The summed E-state index contributed by atoms with van der Waals surface area (Å²) in [5, 5.41) is 5.51. The summed E-state index contributed by atoms with van der Waals surface area (Å²) in [6, 6.07) is 2.65. The van der Waals surface area contributed by atoms with Crippen LogP contribution in [0.15, 0.2) is 17.8 Å². The van der Waals surface area contributed by atoms with Crippen LogP contribution in [0.1, 0.15) is 13.3 Å². The predicted octanol–water partition coefficient (Wildman–Crippen LogP) is 2.51. The van der Waals surface area contributed by atoms with Crippen LogP contribution < -0.4 is 5.32 Å². The van der Waals surface area contributed by atoms with Gasteiger partial charge in [-0.25, -0.2) is 9.97 Å². The number of anilines is 1. The molecule has 2 unspecified atom stereocenters. The molecule has 1 fully saturated rings. The van der Waals surface area contributed by atoms with Gasteiger partial charge in [-0.1, -0.05) is 6.92 Å². The number of nitrogens with zero attached hydrogens (tertiary/aromatic N) is 2. The van der Waals surface area contributed by atoms with Gasteiger partial charge in [0.05, 0.1) is 10.2 Å². The molecule has 0 aliphatic heterocycles. The molecule has 0 radical (unpaired) electrons. The van der Waals surface area contributed by atoms with Gasteiger partial charge in [0.2, 0.25) is 0 Å². The Morgan fingerprint density at radius 3 is 3.14 bits per heavy atom. The Balaban J connectivity index is 1.98. The molecule has 4 heteroatoms. The molecular formula is C10H11N3S. The van der Waals surface area contributed by atoms with Crippen molar-refractivity contribution in [2.75, 3.05) is 5.32 Å². The van der Waals surface area contributed by atoms with Gasteiger partial charge in [-0.3, -0.25) is 0 Å². The second kappa shape index (κ2) is 2.92. The highest BCUT2D eigenvalue weighted by atomic mass is 32.1. The minimum Gasteiger partial charge on any atom is -0.366 e. The predicted molar refractivity (Wildman–Crippen MR) is 58.6 cm³/mol. The van der Waals surface area contributed by atoms with Crippen molar-refractivity contribution >= 4 is 27.4 Å². The Hall–Kier alpha value is -1.16. The minimum absolute atomic E-state index is 0.621. The van der Waals surface area contributed by atoms with Gasteiger partial charge in [0.15, 0.2) is 0 Å². The van der Waals surface area contributed by atoms with Crippen molar-refractivity contribution in [1.82, 2.24) is 9.97 Å². The summed E-state index contributed by atoms with van der Waals surface area (Å²) in [6.45, 7) is 2.25. The Kier molecular flexibility index (Phi) is 1.70. The number of fused-ring (bicyclic) bond motifs is 1. The van der Waals surface area contributed by atoms with Gasteiger partial charge in [-0.15, -0.1) is 11.3 Å². The van der Waals surface area contributed by atoms with Crippen LogP contribution in [0.3, 0.4) is 0 Å². The highest BCUT2D eigenvalue weighted by Gasteiger charge is 2.33. The maximum Gasteiger partial charge on any atom is 0.147 e. The summed E-state index contributed by atoms with van der Waals surface area (Å²) in [6.07, 6.45) is 2.89. The summed E-state index contributed by atoms with van der Waals surface area (Å²) >= 11 is 1.70. The van der Waals surface area contributed by atoms with E-state index >= 15 is 0 Å². The molecule has 1 aliphatic rings. The maximum atomic E-state index is 4.28. The Labute approximate surface area is 86.2 Å². The third-order valence-electron chi connectivity index (χ3n) is 2.67. The number of nitrogens with one attached hydrogen (secondary N) is 1. The lowest BCUT2D eigenvalue weighted by atomic mass is 10.4. The molecule has 1 aliphatic carbocycles. The van der Waals surface area contributed by atoms with Crippen molar-refractivity contribution in [3.63, 3.8) is 0 Å². The standard InChI is InChI=1S/C10H11N3S/c1-6-4-8(6)13-10-9-7(2-3-14-9)11-5-12-10/h2-3,5-6,8H,4H2,1H3,(H,11,12,13). The van der Waals surface area contributed by atoms with Crippen molar-refractivity contribution in [3.05, 3.63) is 17.8 Å². The number of aromatic nitrogens is 2. The second-order valence-electron chi connectivity index (χ2n) is 3.82. The molecule has 0 amide bonds. The molecule has 1 saturated carbocycles. The van der Waals surface area contributed by atoms with Gasteiger partial charge in [-0.05, 0) is 23.8 Å². The van der Waals surface area contributed by atoms with E-state index in [9.17, 15) is 0 Å². The second-order valence-corrected chi connectivity index (χ2v) is 4.74. The van der Waals surface area contributed by atoms with Crippen LogP contribution in [0, 0.1) is 5.92 Å². The lowest BCUT2D eigenvalue weighted by Crippen LogP contribution is -2.05. The molecule has 0 saturated heterocycles. The van der Waals surface area contributed by atoms with Crippen molar-refractivity contribution in [1.29, 1.82) is 0 Å². The maximum absolute atomic E-state index is 4.28. The van der Waals surface area contributed by atoms with Crippen LogP contribution >= 0.6 is 11.3 Å². The summed E-state index contributed by atoms with van der Waals surface area (Å²) in [5.74, 6) is 1.79. The van der Waals surface area contributed by atoms with E-state index in [1.807, 2.05) is 6.07 Å². The lowest BCUT2D eigenvalue weighted by molar-refractivity contribution is 0.924. The first-order valence-electron chi connectivity index (χ1n) is 4.79. The first-order valence-corrected chi connectivity index (χ1v) is 5.67. The summed E-state index contributed by atoms with van der Waals surface area (Å²) in [7, 11) is 0. The largest absolute Gasteiger partial charge is 0.366 e. The van der Waals surface area contributed by atoms with E-state index in [2.05, 4.69) is 27.6 Å². The molecule has 72 valence electrons. The van der Waals surface area contributed by atoms with E-state index in [1.165, 1.54) is 11.1 Å². The van der Waals surface area contributed by atoms with E-state index < -0.39 is 0 Å². The van der Waals surface area contributed by atoms with E-state index in [0.717, 1.165) is 17.3 Å². The fourth-order valence-electron chi connectivity index (χ4n) is 1.59. The van der Waals surface area contributed by atoms with Crippen LogP contribution in [0.5, 0.6) is 0 Å². The van der Waals surface area contributed by atoms with Gasteiger partial charge in [0.1, 0.15) is 12.1 Å². The first kappa shape index (κ1) is 8.17. The van der Waals surface area contributed by atoms with Crippen LogP contribution in [-0.4, -0.2) is 16.0 Å². The average molecular weight is 205 g/mol. The van der Waals surface area contributed by atoms with Gasteiger partial charge < -0.3 is 5.32 Å². The summed E-state index contributed by atoms with van der Waals surface area (Å²) < 4.78 is 1.17. The Bertz CT molecular complexity index is 465. The fraction of sp³-hybridized carbons (Fsp3) is 0.400. The van der Waals surface area contributed by atoms with E-state index in [1.54, 1.807) is 17.7 Å². The van der Waals surface area contributed by atoms with Crippen LogP contribution in [0.25, 0.3) is 10.2 Å². The molecule has 0 aromatic carbocycles. The molecule has 3 rings (SSSR count). The number of rotatable bonds is 2. The van der Waals surface area contributed by atoms with Gasteiger partial charge in [-0.2, -0.15) is 0 Å². The molecular weight excluding hydrogens is 194 g/mol. The first-order chi connectivity index (χ1) is 6.84. The normalized spacial score (nSPS) is 25.2. The summed E-state index contributed by atoms with van der Waals surface area (Å²) in [4.78, 5) is 8.49. The van der Waals surface area contributed by atoms with Crippen LogP contribution in [-0.2, 0) is 0 Å². The third kappa shape index (κ3) is 1.26. The zero-order chi connectivity index (χ0) is 9.54. The molecule has 14 heavy (non-hydrogen) atoms.